The summed E-state index contributed by atoms with van der Waals surface area (Å²) in [7, 11) is 3.86. The lowest BCUT2D eigenvalue weighted by Crippen LogP contribution is -2.53. The number of guanidine groups is 1. The summed E-state index contributed by atoms with van der Waals surface area (Å²) >= 11 is 0. The van der Waals surface area contributed by atoms with Gasteiger partial charge in [0.25, 0.3) is 0 Å². The highest BCUT2D eigenvalue weighted by Crippen LogP contribution is 2.15. The van der Waals surface area contributed by atoms with E-state index in [-0.39, 0.29) is 24.0 Å². The number of aromatic nitrogens is 2. The van der Waals surface area contributed by atoms with Gasteiger partial charge in [-0.15, -0.1) is 24.0 Å². The monoisotopic (exact) mass is 448 g/mol. The number of rotatable bonds is 4. The first-order valence-electron chi connectivity index (χ1n) is 8.48. The Morgan fingerprint density at radius 2 is 2.17 bits per heavy atom. The summed E-state index contributed by atoms with van der Waals surface area (Å²) in [6.07, 6.45) is 5.00. The van der Waals surface area contributed by atoms with Gasteiger partial charge in [0.15, 0.2) is 5.96 Å². The third-order valence-corrected chi connectivity index (χ3v) is 4.75. The van der Waals surface area contributed by atoms with Crippen LogP contribution >= 0.6 is 24.0 Å². The lowest BCUT2D eigenvalue weighted by Gasteiger charge is -2.37. The molecule has 0 aromatic carbocycles. The van der Waals surface area contributed by atoms with E-state index >= 15 is 0 Å². The fraction of sp³-hybridized carbons (Fsp3) is 0.750. The van der Waals surface area contributed by atoms with Gasteiger partial charge in [-0.05, 0) is 12.3 Å². The van der Waals surface area contributed by atoms with E-state index in [1.54, 1.807) is 0 Å². The second-order valence-corrected chi connectivity index (χ2v) is 6.37. The largest absolute Gasteiger partial charge is 0.381 e. The van der Waals surface area contributed by atoms with Gasteiger partial charge >= 0.3 is 0 Å². The highest BCUT2D eigenvalue weighted by Gasteiger charge is 2.24. The number of imidazole rings is 1. The minimum Gasteiger partial charge on any atom is -0.381 e. The smallest absolute Gasteiger partial charge is 0.194 e. The van der Waals surface area contributed by atoms with Gasteiger partial charge in [-0.3, -0.25) is 9.89 Å². The van der Waals surface area contributed by atoms with Crippen LogP contribution in [0.2, 0.25) is 0 Å². The fourth-order valence-corrected chi connectivity index (χ4v) is 3.29. The Labute approximate surface area is 161 Å². The summed E-state index contributed by atoms with van der Waals surface area (Å²) in [6, 6.07) is 0. The highest BCUT2D eigenvalue weighted by atomic mass is 127. The molecule has 0 bridgehead atoms. The van der Waals surface area contributed by atoms with Gasteiger partial charge in [0.2, 0.25) is 0 Å². The first-order chi connectivity index (χ1) is 11.3. The quantitative estimate of drug-likeness (QED) is 0.419. The van der Waals surface area contributed by atoms with Crippen LogP contribution in [0.25, 0.3) is 0 Å². The Hall–Kier alpha value is -0.870. The standard InChI is InChI=1S/C16H28N6O.HI/c1-17-16(19-11-15-18-4-5-20(15)2)22-8-6-21(7-9-22)12-14-3-10-23-13-14;/h4-5,14H,3,6-13H2,1-2H3,(H,17,19);1H. The van der Waals surface area contributed by atoms with Crippen molar-refractivity contribution in [3.63, 3.8) is 0 Å². The normalized spacial score (nSPS) is 22.5. The van der Waals surface area contributed by atoms with Gasteiger partial charge in [-0.2, -0.15) is 0 Å². The molecule has 24 heavy (non-hydrogen) atoms. The Morgan fingerprint density at radius 3 is 2.75 bits per heavy atom. The number of nitrogens with one attached hydrogen (secondary N) is 1. The molecule has 1 aromatic heterocycles. The minimum atomic E-state index is 0. The zero-order valence-corrected chi connectivity index (χ0v) is 17.0. The Bertz CT molecular complexity index is 520. The lowest BCUT2D eigenvalue weighted by molar-refractivity contribution is 0.139. The molecule has 2 aliphatic rings. The Kier molecular flexibility index (Phi) is 7.76. The molecule has 2 aliphatic heterocycles. The molecule has 7 nitrogen and oxygen atoms in total. The van der Waals surface area contributed by atoms with Crippen LogP contribution in [0, 0.1) is 5.92 Å². The van der Waals surface area contributed by atoms with Crippen LogP contribution in [0.1, 0.15) is 12.2 Å². The first kappa shape index (κ1) is 19.5. The summed E-state index contributed by atoms with van der Waals surface area (Å²) in [6.45, 7) is 7.99. The van der Waals surface area contributed by atoms with E-state index in [1.165, 1.54) is 13.0 Å². The molecule has 136 valence electrons. The lowest BCUT2D eigenvalue weighted by atomic mass is 10.1. The number of ether oxygens (including phenoxy) is 1. The molecule has 0 saturated carbocycles. The number of nitrogens with zero attached hydrogens (tertiary/aromatic N) is 5. The molecule has 1 N–H and O–H groups in total. The molecule has 1 aromatic rings. The number of aryl methyl sites for hydroxylation is 1. The van der Waals surface area contributed by atoms with Crippen LogP contribution in [0.15, 0.2) is 17.4 Å². The molecule has 1 atom stereocenters. The molecular formula is C16H29IN6O. The maximum atomic E-state index is 5.48. The summed E-state index contributed by atoms with van der Waals surface area (Å²) in [5, 5.41) is 3.42. The van der Waals surface area contributed by atoms with Crippen molar-refractivity contribution in [3.05, 3.63) is 18.2 Å². The van der Waals surface area contributed by atoms with Gasteiger partial charge in [0.1, 0.15) is 5.82 Å². The second kappa shape index (κ2) is 9.57. The van der Waals surface area contributed by atoms with Crippen LogP contribution in [-0.2, 0) is 18.3 Å². The minimum absolute atomic E-state index is 0. The number of piperazine rings is 1. The molecule has 2 fully saturated rings. The molecule has 3 rings (SSSR count). The number of aliphatic imine (C=N–C) groups is 1. The number of hydrogen-bond donors (Lipinski definition) is 1. The van der Waals surface area contributed by atoms with Crippen LogP contribution < -0.4 is 5.32 Å². The molecule has 2 saturated heterocycles. The number of halogens is 1. The second-order valence-electron chi connectivity index (χ2n) is 6.37. The van der Waals surface area contributed by atoms with E-state index in [2.05, 4.69) is 25.1 Å². The predicted octanol–water partition coefficient (Wildman–Crippen LogP) is 0.768. The predicted molar refractivity (Wildman–Crippen MR) is 106 cm³/mol. The summed E-state index contributed by atoms with van der Waals surface area (Å²) < 4.78 is 7.51. The zero-order chi connectivity index (χ0) is 16.1. The molecule has 0 spiro atoms. The van der Waals surface area contributed by atoms with Crippen molar-refractivity contribution in [2.24, 2.45) is 18.0 Å². The van der Waals surface area contributed by atoms with Gasteiger partial charge in [0, 0.05) is 65.8 Å². The van der Waals surface area contributed by atoms with E-state index < -0.39 is 0 Å². The average molecular weight is 448 g/mol. The molecule has 8 heteroatoms. The van der Waals surface area contributed by atoms with Gasteiger partial charge in [0.05, 0.1) is 13.2 Å². The molecule has 1 unspecified atom stereocenters. The highest BCUT2D eigenvalue weighted by molar-refractivity contribution is 14.0. The average Bonchev–Trinajstić information content (AvgIpc) is 3.21. The first-order valence-corrected chi connectivity index (χ1v) is 8.48. The fourth-order valence-electron chi connectivity index (χ4n) is 3.29. The maximum absolute atomic E-state index is 5.48. The maximum Gasteiger partial charge on any atom is 0.194 e. The van der Waals surface area contributed by atoms with Crippen molar-refractivity contribution in [1.82, 2.24) is 24.7 Å². The molecule has 0 radical (unpaired) electrons. The van der Waals surface area contributed by atoms with Crippen molar-refractivity contribution in [2.45, 2.75) is 13.0 Å². The molecule has 3 heterocycles. The van der Waals surface area contributed by atoms with Gasteiger partial charge in [-0.25, -0.2) is 4.98 Å². The number of hydrogen-bond acceptors (Lipinski definition) is 4. The third kappa shape index (κ3) is 5.06. The van der Waals surface area contributed by atoms with Gasteiger partial charge < -0.3 is 19.5 Å². The van der Waals surface area contributed by atoms with E-state index in [0.29, 0.717) is 6.54 Å². The van der Waals surface area contributed by atoms with Crippen LogP contribution in [0.5, 0.6) is 0 Å². The van der Waals surface area contributed by atoms with E-state index in [1.807, 2.05) is 31.1 Å². The van der Waals surface area contributed by atoms with E-state index in [4.69, 9.17) is 4.74 Å². The van der Waals surface area contributed by atoms with Crippen molar-refractivity contribution in [1.29, 1.82) is 0 Å². The zero-order valence-electron chi connectivity index (χ0n) is 14.6. The van der Waals surface area contributed by atoms with Crippen molar-refractivity contribution < 1.29 is 4.74 Å². The van der Waals surface area contributed by atoms with Crippen LogP contribution in [-0.4, -0.2) is 78.3 Å². The third-order valence-electron chi connectivity index (χ3n) is 4.75. The van der Waals surface area contributed by atoms with E-state index in [9.17, 15) is 0 Å². The summed E-state index contributed by atoms with van der Waals surface area (Å²) in [5.41, 5.74) is 0. The molecular weight excluding hydrogens is 419 g/mol. The SMILES string of the molecule is CN=C(NCc1nccn1C)N1CCN(CC2CCOC2)CC1.I. The van der Waals surface area contributed by atoms with Gasteiger partial charge in [-0.1, -0.05) is 0 Å². The van der Waals surface area contributed by atoms with E-state index in [0.717, 1.165) is 57.1 Å². The molecule has 0 aliphatic carbocycles. The summed E-state index contributed by atoms with van der Waals surface area (Å²) in [5.74, 6) is 2.71. The molecule has 0 amide bonds. The van der Waals surface area contributed by atoms with Crippen molar-refractivity contribution >= 4 is 29.9 Å². The topological polar surface area (TPSA) is 57.9 Å². The Morgan fingerprint density at radius 1 is 1.38 bits per heavy atom. The summed E-state index contributed by atoms with van der Waals surface area (Å²) in [4.78, 5) is 13.7. The van der Waals surface area contributed by atoms with Crippen LogP contribution in [0.4, 0.5) is 0 Å². The Balaban J connectivity index is 0.00000208. The van der Waals surface area contributed by atoms with Crippen molar-refractivity contribution in [3.8, 4) is 0 Å². The van der Waals surface area contributed by atoms with Crippen molar-refractivity contribution in [2.75, 3.05) is 53.0 Å². The van der Waals surface area contributed by atoms with Crippen LogP contribution in [0.3, 0.4) is 0 Å².